The summed E-state index contributed by atoms with van der Waals surface area (Å²) in [5.41, 5.74) is -1.36. The van der Waals surface area contributed by atoms with Crippen molar-refractivity contribution in [3.63, 3.8) is 0 Å². The molecule has 0 aromatic heterocycles. The zero-order valence-corrected chi connectivity index (χ0v) is 21.7. The molecule has 0 spiro atoms. The van der Waals surface area contributed by atoms with Gasteiger partial charge in [0.1, 0.15) is 12.1 Å². The summed E-state index contributed by atoms with van der Waals surface area (Å²) in [6, 6.07) is 0. The van der Waals surface area contributed by atoms with E-state index in [2.05, 4.69) is 19.1 Å². The molecule has 0 aliphatic rings. The first kappa shape index (κ1) is 31.1. The van der Waals surface area contributed by atoms with Crippen molar-refractivity contribution < 1.29 is 19.5 Å². The third kappa shape index (κ3) is 23.1. The van der Waals surface area contributed by atoms with Gasteiger partial charge < -0.3 is 14.7 Å². The molecule has 0 rings (SSSR count). The summed E-state index contributed by atoms with van der Waals surface area (Å²) in [7, 11) is 5.78. The van der Waals surface area contributed by atoms with E-state index in [1.54, 1.807) is 18.2 Å². The lowest BCUT2D eigenvalue weighted by Crippen LogP contribution is -2.49. The van der Waals surface area contributed by atoms with Crippen molar-refractivity contribution in [1.29, 1.82) is 0 Å². The molecule has 4 nitrogen and oxygen atoms in total. The number of nitrogens with zero attached hydrogens (tertiary/aromatic N) is 1. The average Bonchev–Trinajstić information content (AvgIpc) is 2.70. The molecular formula is C29H50NO3+. The zero-order valence-electron chi connectivity index (χ0n) is 21.7. The van der Waals surface area contributed by atoms with Crippen molar-refractivity contribution in [2.45, 2.75) is 89.6 Å². The number of unbranched alkanes of at least 4 members (excludes halogenated alkanes) is 10. The molecule has 0 saturated heterocycles. The number of aliphatic hydroxyl groups is 1. The summed E-state index contributed by atoms with van der Waals surface area (Å²) in [6.07, 6.45) is 33.7. The molecule has 0 amide bonds. The van der Waals surface area contributed by atoms with Crippen molar-refractivity contribution in [3.8, 4) is 0 Å². The Balaban J connectivity index is 3.99. The van der Waals surface area contributed by atoms with Gasteiger partial charge in [0.25, 0.3) is 0 Å². The second-order valence-corrected chi connectivity index (χ2v) is 10.0. The Kier molecular flexibility index (Phi) is 18.4. The summed E-state index contributed by atoms with van der Waals surface area (Å²) >= 11 is 0. The van der Waals surface area contributed by atoms with E-state index >= 15 is 0 Å². The van der Waals surface area contributed by atoms with Crippen LogP contribution >= 0.6 is 0 Å². The molecule has 0 heterocycles. The van der Waals surface area contributed by atoms with Gasteiger partial charge in [-0.15, -0.1) is 0 Å². The van der Waals surface area contributed by atoms with Crippen LogP contribution < -0.4 is 0 Å². The van der Waals surface area contributed by atoms with Crippen LogP contribution in [0.15, 0.2) is 60.8 Å². The van der Waals surface area contributed by atoms with Crippen LogP contribution in [-0.4, -0.2) is 54.0 Å². The molecule has 188 valence electrons. The quantitative estimate of drug-likeness (QED) is 0.117. The molecule has 33 heavy (non-hydrogen) atoms. The van der Waals surface area contributed by atoms with Gasteiger partial charge in [-0.1, -0.05) is 119 Å². The standard InChI is InChI=1S/C29H49NO3/c1-5-6-7-8-9-10-11-12-13-14-15-16-17-18-19-20-21-22-23-24-25-29(33,26-28(31)32)27-30(2,3)4/h16-25,33H,5-15,26-27H2,1-4H3/p+1. The average molecular weight is 461 g/mol. The van der Waals surface area contributed by atoms with Crippen LogP contribution in [0.5, 0.6) is 0 Å². The molecule has 4 heteroatoms. The highest BCUT2D eigenvalue weighted by atomic mass is 16.4. The van der Waals surface area contributed by atoms with Crippen LogP contribution in [0.2, 0.25) is 0 Å². The maximum atomic E-state index is 11.1. The van der Waals surface area contributed by atoms with Gasteiger partial charge in [-0.3, -0.25) is 4.79 Å². The molecule has 0 aliphatic carbocycles. The minimum absolute atomic E-state index is 0.309. The number of aliphatic carboxylic acids is 1. The molecule has 0 radical (unpaired) electrons. The van der Waals surface area contributed by atoms with Gasteiger partial charge in [-0.05, 0) is 18.9 Å². The minimum atomic E-state index is -1.36. The normalized spacial score (nSPS) is 15.1. The van der Waals surface area contributed by atoms with Crippen LogP contribution in [0.4, 0.5) is 0 Å². The SMILES string of the molecule is CCCCCCCCCCCCC=CC=CC=CC=CC=CC(O)(CC(=O)O)C[N+](C)(C)C. The molecule has 0 aromatic carbocycles. The van der Waals surface area contributed by atoms with E-state index in [9.17, 15) is 9.90 Å². The lowest BCUT2D eigenvalue weighted by molar-refractivity contribution is -0.876. The fraction of sp³-hybridized carbons (Fsp3) is 0.621. The zero-order chi connectivity index (χ0) is 24.8. The van der Waals surface area contributed by atoms with Crippen LogP contribution in [-0.2, 0) is 4.79 Å². The van der Waals surface area contributed by atoms with Gasteiger partial charge in [0.05, 0.1) is 27.6 Å². The van der Waals surface area contributed by atoms with Crippen molar-refractivity contribution >= 4 is 5.97 Å². The molecular weight excluding hydrogens is 410 g/mol. The highest BCUT2D eigenvalue weighted by Gasteiger charge is 2.33. The first-order valence-electron chi connectivity index (χ1n) is 12.8. The molecule has 0 saturated carbocycles. The fourth-order valence-electron chi connectivity index (χ4n) is 3.79. The van der Waals surface area contributed by atoms with E-state index in [1.807, 2.05) is 51.5 Å². The Morgan fingerprint density at radius 1 is 0.727 bits per heavy atom. The summed E-state index contributed by atoms with van der Waals surface area (Å²) < 4.78 is 0.481. The van der Waals surface area contributed by atoms with E-state index in [-0.39, 0.29) is 6.42 Å². The Morgan fingerprint density at radius 2 is 1.18 bits per heavy atom. The van der Waals surface area contributed by atoms with E-state index in [0.717, 1.165) is 6.42 Å². The number of carboxylic acids is 1. The Labute approximate surface area is 203 Å². The number of likely N-dealkylation sites (N-methyl/N-ethyl adjacent to an activating group) is 1. The number of hydrogen-bond donors (Lipinski definition) is 2. The molecule has 1 atom stereocenters. The molecule has 0 bridgehead atoms. The lowest BCUT2D eigenvalue weighted by atomic mass is 9.97. The van der Waals surface area contributed by atoms with Crippen molar-refractivity contribution in [1.82, 2.24) is 0 Å². The van der Waals surface area contributed by atoms with Gasteiger partial charge in [0.2, 0.25) is 0 Å². The number of carboxylic acid groups (broad SMARTS) is 1. The third-order valence-corrected chi connectivity index (χ3v) is 5.25. The van der Waals surface area contributed by atoms with E-state index < -0.39 is 11.6 Å². The molecule has 0 fully saturated rings. The summed E-state index contributed by atoms with van der Waals surface area (Å²) in [6.45, 7) is 2.59. The van der Waals surface area contributed by atoms with Crippen molar-refractivity contribution in [3.05, 3.63) is 60.8 Å². The minimum Gasteiger partial charge on any atom is -0.481 e. The predicted molar refractivity (Wildman–Crippen MR) is 142 cm³/mol. The Hall–Kier alpha value is -1.91. The summed E-state index contributed by atoms with van der Waals surface area (Å²) in [5.74, 6) is -1.01. The van der Waals surface area contributed by atoms with Gasteiger partial charge in [0, 0.05) is 0 Å². The topological polar surface area (TPSA) is 57.5 Å². The highest BCUT2D eigenvalue weighted by molar-refractivity contribution is 5.68. The van der Waals surface area contributed by atoms with Gasteiger partial charge in [0.15, 0.2) is 0 Å². The van der Waals surface area contributed by atoms with E-state index in [4.69, 9.17) is 5.11 Å². The number of quaternary nitrogens is 1. The lowest BCUT2D eigenvalue weighted by Gasteiger charge is -2.32. The van der Waals surface area contributed by atoms with Crippen LogP contribution in [0, 0.1) is 0 Å². The fourth-order valence-corrected chi connectivity index (χ4v) is 3.79. The highest BCUT2D eigenvalue weighted by Crippen LogP contribution is 2.16. The Morgan fingerprint density at radius 3 is 1.67 bits per heavy atom. The maximum absolute atomic E-state index is 11.1. The second-order valence-electron chi connectivity index (χ2n) is 10.0. The Bertz CT molecular complexity index is 638. The number of carbonyl (C=O) groups is 1. The first-order valence-corrected chi connectivity index (χ1v) is 12.8. The predicted octanol–water partition coefficient (Wildman–Crippen LogP) is 6.99. The molecule has 0 aromatic rings. The van der Waals surface area contributed by atoms with Crippen molar-refractivity contribution in [2.75, 3.05) is 27.7 Å². The smallest absolute Gasteiger partial charge is 0.306 e. The van der Waals surface area contributed by atoms with Crippen molar-refractivity contribution in [2.24, 2.45) is 0 Å². The number of hydrogen-bond acceptors (Lipinski definition) is 2. The van der Waals surface area contributed by atoms with Gasteiger partial charge in [-0.25, -0.2) is 0 Å². The monoisotopic (exact) mass is 460 g/mol. The maximum Gasteiger partial charge on any atom is 0.306 e. The molecule has 2 N–H and O–H groups in total. The molecule has 1 unspecified atom stereocenters. The van der Waals surface area contributed by atoms with Crippen LogP contribution in [0.25, 0.3) is 0 Å². The van der Waals surface area contributed by atoms with Crippen LogP contribution in [0.3, 0.4) is 0 Å². The third-order valence-electron chi connectivity index (χ3n) is 5.25. The second kappa shape index (κ2) is 19.5. The van der Waals surface area contributed by atoms with Crippen LogP contribution in [0.1, 0.15) is 84.0 Å². The van der Waals surface area contributed by atoms with E-state index in [1.165, 1.54) is 64.2 Å². The molecule has 0 aliphatic heterocycles. The van der Waals surface area contributed by atoms with Gasteiger partial charge in [-0.2, -0.15) is 0 Å². The number of rotatable bonds is 20. The van der Waals surface area contributed by atoms with Gasteiger partial charge >= 0.3 is 5.97 Å². The number of allylic oxidation sites excluding steroid dienone is 9. The van der Waals surface area contributed by atoms with E-state index in [0.29, 0.717) is 11.0 Å². The summed E-state index contributed by atoms with van der Waals surface area (Å²) in [5, 5.41) is 19.7. The largest absolute Gasteiger partial charge is 0.481 e. The first-order chi connectivity index (χ1) is 15.7. The summed E-state index contributed by atoms with van der Waals surface area (Å²) in [4.78, 5) is 11.1.